The number of benzene rings is 1. The molecule has 0 radical (unpaired) electrons. The molecule has 2 aromatic rings. The highest BCUT2D eigenvalue weighted by molar-refractivity contribution is 5.94. The number of hydrogen-bond donors (Lipinski definition) is 1. The number of hydrogen-bond acceptors (Lipinski definition) is 5. The molecule has 0 saturated heterocycles. The molecule has 0 fully saturated rings. The van der Waals surface area contributed by atoms with Gasteiger partial charge in [-0.05, 0) is 32.0 Å². The van der Waals surface area contributed by atoms with E-state index in [0.29, 0.717) is 6.61 Å². The van der Waals surface area contributed by atoms with Gasteiger partial charge in [0.15, 0.2) is 5.69 Å². The normalized spacial score (nSPS) is 12.5. The van der Waals surface area contributed by atoms with Crippen LogP contribution in [0.1, 0.15) is 25.2 Å². The average molecular weight is 400 g/mol. The Labute approximate surface area is 158 Å². The van der Waals surface area contributed by atoms with Crippen LogP contribution in [0.15, 0.2) is 24.3 Å². The number of halogens is 3. The molecule has 0 bridgehead atoms. The lowest BCUT2D eigenvalue weighted by Crippen LogP contribution is -2.25. The van der Waals surface area contributed by atoms with Gasteiger partial charge in [0, 0.05) is 5.69 Å². The fourth-order valence-electron chi connectivity index (χ4n) is 2.46. The summed E-state index contributed by atoms with van der Waals surface area (Å²) in [6.07, 6.45) is -4.58. The van der Waals surface area contributed by atoms with E-state index in [1.807, 2.05) is 0 Å². The molecule has 152 valence electrons. The Hall–Kier alpha value is -3.11. The number of ether oxygens (including phenoxy) is 1. The van der Waals surface area contributed by atoms with Crippen LogP contribution in [-0.4, -0.2) is 27.2 Å². The summed E-state index contributed by atoms with van der Waals surface area (Å²) in [5, 5.41) is 17.2. The molecule has 1 atom stereocenters. The quantitative estimate of drug-likeness (QED) is 0.563. The number of nitro benzene ring substituents is 1. The predicted molar refractivity (Wildman–Crippen MR) is 94.0 cm³/mol. The minimum Gasteiger partial charge on any atom is -0.494 e. The van der Waals surface area contributed by atoms with Crippen LogP contribution in [0.5, 0.6) is 5.75 Å². The standard InChI is InChI=1S/C17H19F3N4O4/c1-4-28-12-5-6-13(14(8-12)24(26)27)21-16(25)10(2)9-23-11(3)7-15(22-23)17(18,19)20/h5-8,10H,4,9H2,1-3H3,(H,21,25). The first kappa shape index (κ1) is 21.2. The fourth-order valence-corrected chi connectivity index (χ4v) is 2.46. The first-order chi connectivity index (χ1) is 13.0. The highest BCUT2D eigenvalue weighted by Crippen LogP contribution is 2.30. The van der Waals surface area contributed by atoms with Crippen LogP contribution < -0.4 is 10.1 Å². The number of aromatic nitrogens is 2. The molecule has 1 heterocycles. The summed E-state index contributed by atoms with van der Waals surface area (Å²) in [6, 6.07) is 4.90. The molecule has 1 aromatic carbocycles. The molecule has 1 amide bonds. The Morgan fingerprint density at radius 3 is 2.61 bits per heavy atom. The van der Waals surface area contributed by atoms with E-state index >= 15 is 0 Å². The number of carbonyl (C=O) groups excluding carboxylic acids is 1. The maximum absolute atomic E-state index is 12.7. The molecule has 0 saturated carbocycles. The third-order valence-electron chi connectivity index (χ3n) is 3.90. The van der Waals surface area contributed by atoms with E-state index in [1.165, 1.54) is 32.0 Å². The number of carbonyl (C=O) groups is 1. The summed E-state index contributed by atoms with van der Waals surface area (Å²) in [5.41, 5.74) is -1.17. The molecule has 0 aliphatic carbocycles. The molecular weight excluding hydrogens is 381 g/mol. The number of amides is 1. The van der Waals surface area contributed by atoms with Gasteiger partial charge in [0.1, 0.15) is 11.4 Å². The Bertz CT molecular complexity index is 880. The Morgan fingerprint density at radius 1 is 1.39 bits per heavy atom. The molecule has 11 heteroatoms. The van der Waals surface area contributed by atoms with Crippen molar-refractivity contribution in [2.45, 2.75) is 33.5 Å². The average Bonchev–Trinajstić information content (AvgIpc) is 2.97. The predicted octanol–water partition coefficient (Wildman–Crippen LogP) is 3.79. The van der Waals surface area contributed by atoms with E-state index in [2.05, 4.69) is 10.4 Å². The van der Waals surface area contributed by atoms with Crippen molar-refractivity contribution in [2.75, 3.05) is 11.9 Å². The van der Waals surface area contributed by atoms with Crippen LogP contribution in [0.25, 0.3) is 0 Å². The maximum atomic E-state index is 12.7. The molecule has 0 aliphatic rings. The second-order valence-electron chi connectivity index (χ2n) is 6.11. The molecule has 8 nitrogen and oxygen atoms in total. The van der Waals surface area contributed by atoms with Crippen molar-refractivity contribution in [1.29, 1.82) is 0 Å². The Kier molecular flexibility index (Phi) is 6.26. The highest BCUT2D eigenvalue weighted by atomic mass is 19.4. The van der Waals surface area contributed by atoms with Crippen molar-refractivity contribution in [3.8, 4) is 5.75 Å². The SMILES string of the molecule is CCOc1ccc(NC(=O)C(C)Cn2nc(C(F)(F)F)cc2C)c([N+](=O)[O-])c1. The van der Waals surface area contributed by atoms with Crippen molar-refractivity contribution < 1.29 is 27.6 Å². The van der Waals surface area contributed by atoms with E-state index in [4.69, 9.17) is 4.74 Å². The van der Waals surface area contributed by atoms with Crippen LogP contribution in [-0.2, 0) is 17.5 Å². The second kappa shape index (κ2) is 8.28. The van der Waals surface area contributed by atoms with E-state index < -0.39 is 28.6 Å². The first-order valence-electron chi connectivity index (χ1n) is 8.36. The number of aryl methyl sites for hydroxylation is 1. The molecule has 0 spiro atoms. The summed E-state index contributed by atoms with van der Waals surface area (Å²) in [5.74, 6) is -1.09. The van der Waals surface area contributed by atoms with Crippen LogP contribution in [0.3, 0.4) is 0 Å². The van der Waals surface area contributed by atoms with Gasteiger partial charge < -0.3 is 10.1 Å². The molecule has 2 rings (SSSR count). The van der Waals surface area contributed by atoms with Crippen molar-refractivity contribution >= 4 is 17.3 Å². The van der Waals surface area contributed by atoms with Crippen molar-refractivity contribution in [3.63, 3.8) is 0 Å². The zero-order valence-electron chi connectivity index (χ0n) is 15.4. The van der Waals surface area contributed by atoms with Gasteiger partial charge in [-0.25, -0.2) is 0 Å². The largest absolute Gasteiger partial charge is 0.494 e. The number of alkyl halides is 3. The number of nitrogens with one attached hydrogen (secondary N) is 1. The zero-order valence-corrected chi connectivity index (χ0v) is 15.4. The van der Waals surface area contributed by atoms with Crippen LogP contribution in [0.2, 0.25) is 0 Å². The second-order valence-corrected chi connectivity index (χ2v) is 6.11. The maximum Gasteiger partial charge on any atom is 0.435 e. The van der Waals surface area contributed by atoms with Gasteiger partial charge in [-0.2, -0.15) is 18.3 Å². The molecule has 1 N–H and O–H groups in total. The van der Waals surface area contributed by atoms with E-state index in [-0.39, 0.29) is 29.4 Å². The molecule has 28 heavy (non-hydrogen) atoms. The Morgan fingerprint density at radius 2 is 2.07 bits per heavy atom. The highest BCUT2D eigenvalue weighted by Gasteiger charge is 2.34. The number of nitro groups is 1. The minimum atomic E-state index is -4.58. The number of rotatable bonds is 7. The van der Waals surface area contributed by atoms with Crippen molar-refractivity contribution in [1.82, 2.24) is 9.78 Å². The van der Waals surface area contributed by atoms with Crippen LogP contribution in [0.4, 0.5) is 24.5 Å². The van der Waals surface area contributed by atoms with Crippen LogP contribution in [0, 0.1) is 23.0 Å². The summed E-state index contributed by atoms with van der Waals surface area (Å²) in [4.78, 5) is 23.0. The number of nitrogens with zero attached hydrogens (tertiary/aromatic N) is 3. The smallest absolute Gasteiger partial charge is 0.435 e. The van der Waals surface area contributed by atoms with Gasteiger partial charge in [-0.3, -0.25) is 19.6 Å². The third kappa shape index (κ3) is 4.99. The topological polar surface area (TPSA) is 99.3 Å². The molecule has 1 unspecified atom stereocenters. The lowest BCUT2D eigenvalue weighted by atomic mass is 10.1. The van der Waals surface area contributed by atoms with Crippen LogP contribution >= 0.6 is 0 Å². The van der Waals surface area contributed by atoms with E-state index in [9.17, 15) is 28.1 Å². The van der Waals surface area contributed by atoms with E-state index in [1.54, 1.807) is 6.92 Å². The molecule has 1 aromatic heterocycles. The van der Waals surface area contributed by atoms with Gasteiger partial charge in [0.25, 0.3) is 5.69 Å². The van der Waals surface area contributed by atoms with Gasteiger partial charge >= 0.3 is 6.18 Å². The van der Waals surface area contributed by atoms with Gasteiger partial charge in [-0.15, -0.1) is 0 Å². The summed E-state index contributed by atoms with van der Waals surface area (Å²) >= 11 is 0. The van der Waals surface area contributed by atoms with E-state index in [0.717, 1.165) is 10.7 Å². The lowest BCUT2D eigenvalue weighted by molar-refractivity contribution is -0.384. The monoisotopic (exact) mass is 400 g/mol. The van der Waals surface area contributed by atoms with Gasteiger partial charge in [0.05, 0.1) is 30.1 Å². The third-order valence-corrected chi connectivity index (χ3v) is 3.90. The Balaban J connectivity index is 2.15. The molecule has 0 aliphatic heterocycles. The molecular formula is C17H19F3N4O4. The zero-order chi connectivity index (χ0) is 21.1. The van der Waals surface area contributed by atoms with Crippen molar-refractivity contribution in [2.24, 2.45) is 5.92 Å². The first-order valence-corrected chi connectivity index (χ1v) is 8.36. The fraction of sp³-hybridized carbons (Fsp3) is 0.412. The summed E-state index contributed by atoms with van der Waals surface area (Å²) in [7, 11) is 0. The van der Waals surface area contributed by atoms with Crippen molar-refractivity contribution in [3.05, 3.63) is 45.8 Å². The summed E-state index contributed by atoms with van der Waals surface area (Å²) in [6.45, 7) is 4.88. The van der Waals surface area contributed by atoms with Gasteiger partial charge in [0.2, 0.25) is 5.91 Å². The number of anilines is 1. The van der Waals surface area contributed by atoms with Gasteiger partial charge in [-0.1, -0.05) is 6.92 Å². The summed E-state index contributed by atoms with van der Waals surface area (Å²) < 4.78 is 44.5. The lowest BCUT2D eigenvalue weighted by Gasteiger charge is -2.14. The minimum absolute atomic E-state index is 0.0292.